The van der Waals surface area contributed by atoms with Gasteiger partial charge in [-0.1, -0.05) is 35.9 Å². The average molecular weight is 292 g/mol. The molecule has 2 aromatic carbocycles. The Morgan fingerprint density at radius 1 is 1.10 bits per heavy atom. The molecule has 0 radical (unpaired) electrons. The molecule has 2 N–H and O–H groups in total. The van der Waals surface area contributed by atoms with Crippen LogP contribution >= 0.6 is 11.6 Å². The van der Waals surface area contributed by atoms with Crippen molar-refractivity contribution in [3.8, 4) is 11.5 Å². The summed E-state index contributed by atoms with van der Waals surface area (Å²) in [5.41, 5.74) is 7.70. The molecule has 4 heteroatoms. The molecule has 106 valence electrons. The number of nitrogens with two attached hydrogens (primary N) is 1. The van der Waals surface area contributed by atoms with Gasteiger partial charge in [0.15, 0.2) is 0 Å². The van der Waals surface area contributed by atoms with Gasteiger partial charge in [-0.25, -0.2) is 0 Å². The van der Waals surface area contributed by atoms with Crippen molar-refractivity contribution in [1.29, 1.82) is 0 Å². The van der Waals surface area contributed by atoms with E-state index in [-0.39, 0.29) is 0 Å². The van der Waals surface area contributed by atoms with E-state index in [1.807, 2.05) is 42.5 Å². The largest absolute Gasteiger partial charge is 0.497 e. The van der Waals surface area contributed by atoms with Crippen LogP contribution in [0.1, 0.15) is 11.1 Å². The quantitative estimate of drug-likeness (QED) is 0.887. The number of halogens is 1. The molecule has 0 aliphatic rings. The van der Waals surface area contributed by atoms with Gasteiger partial charge in [0, 0.05) is 0 Å². The standard InChI is InChI=1S/C16H18ClNO2/c1-19-14-7-5-12(6-8-14)11-20-16-13(9-10-18)3-2-4-15(16)17/h2-8H,9-11,18H2,1H3. The van der Waals surface area contributed by atoms with Crippen molar-refractivity contribution < 1.29 is 9.47 Å². The second-order valence-corrected chi connectivity index (χ2v) is 4.81. The number of para-hydroxylation sites is 1. The molecule has 3 nitrogen and oxygen atoms in total. The van der Waals surface area contributed by atoms with Crippen LogP contribution in [0.25, 0.3) is 0 Å². The molecule has 2 rings (SSSR count). The van der Waals surface area contributed by atoms with E-state index in [2.05, 4.69) is 0 Å². The maximum Gasteiger partial charge on any atom is 0.141 e. The summed E-state index contributed by atoms with van der Waals surface area (Å²) >= 11 is 6.19. The summed E-state index contributed by atoms with van der Waals surface area (Å²) in [6.07, 6.45) is 0.749. The Bertz CT molecular complexity index is 555. The smallest absolute Gasteiger partial charge is 0.141 e. The van der Waals surface area contributed by atoms with Crippen LogP contribution in [0.15, 0.2) is 42.5 Å². The van der Waals surface area contributed by atoms with Gasteiger partial charge in [-0.3, -0.25) is 0 Å². The molecule has 0 aromatic heterocycles. The molecule has 0 fully saturated rings. The first-order chi connectivity index (χ1) is 9.74. The highest BCUT2D eigenvalue weighted by Crippen LogP contribution is 2.29. The molecule has 0 amide bonds. The Morgan fingerprint density at radius 2 is 1.85 bits per heavy atom. The summed E-state index contributed by atoms with van der Waals surface area (Å²) in [6, 6.07) is 13.5. The van der Waals surface area contributed by atoms with Gasteiger partial charge in [-0.05, 0) is 42.3 Å². The first kappa shape index (κ1) is 14.7. The maximum absolute atomic E-state index is 6.19. The zero-order valence-electron chi connectivity index (χ0n) is 11.4. The van der Waals surface area contributed by atoms with Crippen LogP contribution in [-0.2, 0) is 13.0 Å². The molecule has 20 heavy (non-hydrogen) atoms. The molecule has 0 unspecified atom stereocenters. The SMILES string of the molecule is COc1ccc(COc2c(Cl)cccc2CCN)cc1. The number of methoxy groups -OCH3 is 1. The van der Waals surface area contributed by atoms with Gasteiger partial charge in [0.05, 0.1) is 12.1 Å². The van der Waals surface area contributed by atoms with Gasteiger partial charge in [0.25, 0.3) is 0 Å². The van der Waals surface area contributed by atoms with Crippen LogP contribution in [0, 0.1) is 0 Å². The maximum atomic E-state index is 6.19. The Hall–Kier alpha value is -1.71. The predicted molar refractivity (Wildman–Crippen MR) is 81.5 cm³/mol. The number of hydrogen-bond donors (Lipinski definition) is 1. The minimum Gasteiger partial charge on any atom is -0.497 e. The summed E-state index contributed by atoms with van der Waals surface area (Å²) in [4.78, 5) is 0. The Kier molecular flexibility index (Phi) is 5.27. The third-order valence-corrected chi connectivity index (χ3v) is 3.30. The van der Waals surface area contributed by atoms with E-state index in [0.29, 0.717) is 18.2 Å². The number of ether oxygens (including phenoxy) is 2. The lowest BCUT2D eigenvalue weighted by Gasteiger charge is -2.13. The third kappa shape index (κ3) is 3.65. The van der Waals surface area contributed by atoms with Gasteiger partial charge in [-0.2, -0.15) is 0 Å². The average Bonchev–Trinajstić information content (AvgIpc) is 2.47. The van der Waals surface area contributed by atoms with E-state index < -0.39 is 0 Å². The minimum atomic E-state index is 0.464. The third-order valence-electron chi connectivity index (χ3n) is 3.00. The summed E-state index contributed by atoms with van der Waals surface area (Å²) in [6.45, 7) is 1.03. The van der Waals surface area contributed by atoms with Gasteiger partial charge in [-0.15, -0.1) is 0 Å². The van der Waals surface area contributed by atoms with E-state index in [0.717, 1.165) is 29.0 Å². The first-order valence-electron chi connectivity index (χ1n) is 6.47. The van der Waals surface area contributed by atoms with E-state index in [1.165, 1.54) is 0 Å². The van der Waals surface area contributed by atoms with Crippen molar-refractivity contribution in [2.24, 2.45) is 5.73 Å². The predicted octanol–water partition coefficient (Wildman–Crippen LogP) is 3.43. The summed E-state index contributed by atoms with van der Waals surface area (Å²) < 4.78 is 11.0. The molecule has 0 spiro atoms. The highest BCUT2D eigenvalue weighted by molar-refractivity contribution is 6.32. The minimum absolute atomic E-state index is 0.464. The molecule has 0 heterocycles. The Labute approximate surface area is 124 Å². The van der Waals surface area contributed by atoms with Crippen molar-refractivity contribution in [2.75, 3.05) is 13.7 Å². The fourth-order valence-corrected chi connectivity index (χ4v) is 2.19. The van der Waals surface area contributed by atoms with Gasteiger partial charge >= 0.3 is 0 Å². The lowest BCUT2D eigenvalue weighted by molar-refractivity contribution is 0.303. The van der Waals surface area contributed by atoms with Crippen LogP contribution in [0.4, 0.5) is 0 Å². The monoisotopic (exact) mass is 291 g/mol. The molecule has 0 aliphatic carbocycles. The van der Waals surface area contributed by atoms with Crippen LogP contribution in [0.5, 0.6) is 11.5 Å². The van der Waals surface area contributed by atoms with Crippen LogP contribution in [0.2, 0.25) is 5.02 Å². The molecular weight excluding hydrogens is 274 g/mol. The van der Waals surface area contributed by atoms with Crippen LogP contribution in [-0.4, -0.2) is 13.7 Å². The Balaban J connectivity index is 2.09. The van der Waals surface area contributed by atoms with Crippen molar-refractivity contribution in [3.63, 3.8) is 0 Å². The van der Waals surface area contributed by atoms with Crippen molar-refractivity contribution in [2.45, 2.75) is 13.0 Å². The normalized spacial score (nSPS) is 10.3. The van der Waals surface area contributed by atoms with Crippen molar-refractivity contribution >= 4 is 11.6 Å². The fourth-order valence-electron chi connectivity index (χ4n) is 1.94. The molecule has 2 aromatic rings. The second kappa shape index (κ2) is 7.17. The number of rotatable bonds is 6. The van der Waals surface area contributed by atoms with Crippen molar-refractivity contribution in [1.82, 2.24) is 0 Å². The lowest BCUT2D eigenvalue weighted by Crippen LogP contribution is -2.06. The fraction of sp³-hybridized carbons (Fsp3) is 0.250. The molecular formula is C16H18ClNO2. The second-order valence-electron chi connectivity index (χ2n) is 4.40. The molecule has 0 saturated carbocycles. The van der Waals surface area contributed by atoms with Gasteiger partial charge < -0.3 is 15.2 Å². The van der Waals surface area contributed by atoms with E-state index >= 15 is 0 Å². The molecule has 0 atom stereocenters. The van der Waals surface area contributed by atoms with Gasteiger partial charge in [0.2, 0.25) is 0 Å². The summed E-state index contributed by atoms with van der Waals surface area (Å²) in [5, 5.41) is 0.615. The number of hydrogen-bond acceptors (Lipinski definition) is 3. The topological polar surface area (TPSA) is 44.5 Å². The first-order valence-corrected chi connectivity index (χ1v) is 6.85. The van der Waals surface area contributed by atoms with E-state index in [4.69, 9.17) is 26.8 Å². The van der Waals surface area contributed by atoms with Crippen LogP contribution in [0.3, 0.4) is 0 Å². The van der Waals surface area contributed by atoms with E-state index in [9.17, 15) is 0 Å². The lowest BCUT2D eigenvalue weighted by atomic mass is 10.1. The highest BCUT2D eigenvalue weighted by atomic mass is 35.5. The summed E-state index contributed by atoms with van der Waals surface area (Å²) in [5.74, 6) is 1.55. The number of benzene rings is 2. The van der Waals surface area contributed by atoms with Crippen molar-refractivity contribution in [3.05, 3.63) is 58.6 Å². The molecule has 0 bridgehead atoms. The van der Waals surface area contributed by atoms with E-state index in [1.54, 1.807) is 7.11 Å². The van der Waals surface area contributed by atoms with Gasteiger partial charge in [0.1, 0.15) is 18.1 Å². The van der Waals surface area contributed by atoms with Crippen LogP contribution < -0.4 is 15.2 Å². The zero-order valence-corrected chi connectivity index (χ0v) is 12.2. The molecule has 0 aliphatic heterocycles. The Morgan fingerprint density at radius 3 is 2.50 bits per heavy atom. The summed E-state index contributed by atoms with van der Waals surface area (Å²) in [7, 11) is 1.65. The zero-order chi connectivity index (χ0) is 14.4. The molecule has 0 saturated heterocycles. The highest BCUT2D eigenvalue weighted by Gasteiger charge is 2.08.